The van der Waals surface area contributed by atoms with Crippen molar-refractivity contribution in [3.8, 4) is 22.9 Å². The van der Waals surface area contributed by atoms with Gasteiger partial charge in [0.25, 0.3) is 0 Å². The molecule has 0 spiro atoms. The fraction of sp³-hybridized carbons (Fsp3) is 0.375. The molecule has 1 N–H and O–H groups in total. The van der Waals surface area contributed by atoms with E-state index < -0.39 is 0 Å². The van der Waals surface area contributed by atoms with E-state index in [1.165, 1.54) is 0 Å². The Morgan fingerprint density at radius 1 is 1.12 bits per heavy atom. The summed E-state index contributed by atoms with van der Waals surface area (Å²) in [4.78, 5) is 19.3. The lowest BCUT2D eigenvalue weighted by molar-refractivity contribution is -0.126. The van der Waals surface area contributed by atoms with Gasteiger partial charge in [0.2, 0.25) is 17.6 Å². The van der Waals surface area contributed by atoms with Gasteiger partial charge in [-0.15, -0.1) is 0 Å². The molecule has 1 aliphatic rings. The number of ether oxygens (including phenoxy) is 2. The van der Waals surface area contributed by atoms with Gasteiger partial charge in [-0.1, -0.05) is 28.9 Å². The van der Waals surface area contributed by atoms with Crippen LogP contribution in [0.3, 0.4) is 0 Å². The van der Waals surface area contributed by atoms with Crippen LogP contribution in [0, 0.1) is 5.92 Å². The molecule has 1 aliphatic heterocycles. The van der Waals surface area contributed by atoms with Crippen LogP contribution in [0.5, 0.6) is 11.5 Å². The Hall–Kier alpha value is -3.10. The van der Waals surface area contributed by atoms with E-state index in [0.717, 1.165) is 37.1 Å². The maximum atomic E-state index is 12.5. The Kier molecular flexibility index (Phi) is 7.47. The summed E-state index contributed by atoms with van der Waals surface area (Å²) >= 11 is 5.91. The summed E-state index contributed by atoms with van der Waals surface area (Å²) in [7, 11) is 3.18. The van der Waals surface area contributed by atoms with Crippen molar-refractivity contribution in [2.45, 2.75) is 25.9 Å². The molecule has 33 heavy (non-hydrogen) atoms. The number of carbonyl (C=O) groups excluding carboxylic acids is 1. The number of hydrogen-bond donors (Lipinski definition) is 1. The van der Waals surface area contributed by atoms with Crippen LogP contribution in [0.2, 0.25) is 5.02 Å². The van der Waals surface area contributed by atoms with E-state index in [-0.39, 0.29) is 11.8 Å². The second-order valence-corrected chi connectivity index (χ2v) is 8.41. The van der Waals surface area contributed by atoms with Crippen LogP contribution in [-0.4, -0.2) is 48.3 Å². The van der Waals surface area contributed by atoms with Crippen LogP contribution >= 0.6 is 11.6 Å². The lowest BCUT2D eigenvalue weighted by Gasteiger charge is -2.30. The number of piperidine rings is 1. The Bertz CT molecular complexity index is 1080. The summed E-state index contributed by atoms with van der Waals surface area (Å²) in [6, 6.07) is 13.0. The molecule has 1 aromatic heterocycles. The normalized spacial score (nSPS) is 14.8. The molecule has 0 saturated carbocycles. The second kappa shape index (κ2) is 10.7. The van der Waals surface area contributed by atoms with Gasteiger partial charge in [-0.2, -0.15) is 4.98 Å². The quantitative estimate of drug-likeness (QED) is 0.533. The van der Waals surface area contributed by atoms with E-state index >= 15 is 0 Å². The largest absolute Gasteiger partial charge is 0.493 e. The lowest BCUT2D eigenvalue weighted by Crippen LogP contribution is -2.40. The standard InChI is InChI=1S/C24H27ClN4O4/c1-31-20-8-5-18(13-21(20)32-2)23-27-22(33-28-23)15-29-11-9-17(10-12-29)24(30)26-14-16-3-6-19(25)7-4-16/h3-8,13,17H,9-12,14-15H2,1-2H3,(H,26,30). The van der Waals surface area contributed by atoms with Crippen molar-refractivity contribution >= 4 is 17.5 Å². The molecule has 0 radical (unpaired) electrons. The minimum absolute atomic E-state index is 0.0126. The van der Waals surface area contributed by atoms with Crippen molar-refractivity contribution in [3.63, 3.8) is 0 Å². The third-order valence-corrected chi connectivity index (χ3v) is 6.06. The zero-order valence-corrected chi connectivity index (χ0v) is 19.5. The van der Waals surface area contributed by atoms with Crippen molar-refractivity contribution in [2.24, 2.45) is 5.92 Å². The van der Waals surface area contributed by atoms with E-state index in [1.807, 2.05) is 42.5 Å². The molecule has 174 valence electrons. The molecule has 4 rings (SSSR count). The molecule has 2 aromatic carbocycles. The molecule has 0 unspecified atom stereocenters. The van der Waals surface area contributed by atoms with Crippen molar-refractivity contribution in [3.05, 3.63) is 58.9 Å². The monoisotopic (exact) mass is 470 g/mol. The number of halogens is 1. The number of amides is 1. The van der Waals surface area contributed by atoms with Crippen molar-refractivity contribution in [1.82, 2.24) is 20.4 Å². The minimum Gasteiger partial charge on any atom is -0.493 e. The van der Waals surface area contributed by atoms with E-state index in [4.69, 9.17) is 25.6 Å². The smallest absolute Gasteiger partial charge is 0.241 e. The highest BCUT2D eigenvalue weighted by atomic mass is 35.5. The first-order valence-electron chi connectivity index (χ1n) is 10.8. The number of hydrogen-bond acceptors (Lipinski definition) is 7. The summed E-state index contributed by atoms with van der Waals surface area (Å²) in [5, 5.41) is 7.82. The molecule has 1 fully saturated rings. The summed E-state index contributed by atoms with van der Waals surface area (Å²) in [5.74, 6) is 2.41. The Morgan fingerprint density at radius 3 is 2.55 bits per heavy atom. The highest BCUT2D eigenvalue weighted by Gasteiger charge is 2.26. The fourth-order valence-electron chi connectivity index (χ4n) is 3.89. The van der Waals surface area contributed by atoms with Crippen molar-refractivity contribution < 1.29 is 18.8 Å². The highest BCUT2D eigenvalue weighted by molar-refractivity contribution is 6.30. The van der Waals surface area contributed by atoms with E-state index in [2.05, 4.69) is 20.4 Å². The van der Waals surface area contributed by atoms with Gasteiger partial charge in [0.1, 0.15) is 0 Å². The molecule has 0 atom stereocenters. The topological polar surface area (TPSA) is 89.7 Å². The molecular weight excluding hydrogens is 444 g/mol. The molecule has 3 aromatic rings. The first-order valence-corrected chi connectivity index (χ1v) is 11.2. The molecule has 1 amide bonds. The maximum Gasteiger partial charge on any atom is 0.241 e. The highest BCUT2D eigenvalue weighted by Crippen LogP contribution is 2.31. The van der Waals surface area contributed by atoms with E-state index in [1.54, 1.807) is 14.2 Å². The summed E-state index contributed by atoms with van der Waals surface area (Å²) < 4.78 is 16.1. The Morgan fingerprint density at radius 2 is 1.85 bits per heavy atom. The molecule has 2 heterocycles. The third kappa shape index (κ3) is 5.83. The first kappa shape index (κ1) is 23.1. The van der Waals surface area contributed by atoms with Gasteiger partial charge in [0.15, 0.2) is 11.5 Å². The summed E-state index contributed by atoms with van der Waals surface area (Å²) in [6.45, 7) is 2.66. The van der Waals surface area contributed by atoms with Gasteiger partial charge in [0.05, 0.1) is 20.8 Å². The molecule has 9 heteroatoms. The number of carbonyl (C=O) groups is 1. The van der Waals surface area contributed by atoms with Crippen LogP contribution in [-0.2, 0) is 17.9 Å². The van der Waals surface area contributed by atoms with Gasteiger partial charge < -0.3 is 19.3 Å². The predicted molar refractivity (Wildman–Crippen MR) is 124 cm³/mol. The number of likely N-dealkylation sites (tertiary alicyclic amines) is 1. The SMILES string of the molecule is COc1ccc(-c2noc(CN3CCC(C(=O)NCc4ccc(Cl)cc4)CC3)n2)cc1OC. The Labute approximate surface area is 197 Å². The van der Waals surface area contributed by atoms with Crippen molar-refractivity contribution in [2.75, 3.05) is 27.3 Å². The van der Waals surface area contributed by atoms with E-state index in [0.29, 0.717) is 41.3 Å². The first-order chi connectivity index (χ1) is 16.1. The van der Waals surface area contributed by atoms with Crippen LogP contribution < -0.4 is 14.8 Å². The van der Waals surface area contributed by atoms with Gasteiger partial charge in [0, 0.05) is 23.0 Å². The lowest BCUT2D eigenvalue weighted by atomic mass is 9.96. The summed E-state index contributed by atoms with van der Waals surface area (Å²) in [6.07, 6.45) is 1.59. The molecule has 1 saturated heterocycles. The average molecular weight is 471 g/mol. The number of rotatable bonds is 8. The molecular formula is C24H27ClN4O4. The minimum atomic E-state index is 0.0126. The zero-order valence-electron chi connectivity index (χ0n) is 18.7. The van der Waals surface area contributed by atoms with Crippen LogP contribution in [0.1, 0.15) is 24.3 Å². The molecule has 0 bridgehead atoms. The Balaban J connectivity index is 1.27. The number of nitrogens with one attached hydrogen (secondary N) is 1. The number of benzene rings is 2. The number of nitrogens with zero attached hydrogens (tertiary/aromatic N) is 3. The number of methoxy groups -OCH3 is 2. The maximum absolute atomic E-state index is 12.5. The van der Waals surface area contributed by atoms with Gasteiger partial charge in [-0.05, 0) is 61.8 Å². The van der Waals surface area contributed by atoms with E-state index in [9.17, 15) is 4.79 Å². The van der Waals surface area contributed by atoms with Crippen molar-refractivity contribution in [1.29, 1.82) is 0 Å². The second-order valence-electron chi connectivity index (χ2n) is 7.98. The summed E-state index contributed by atoms with van der Waals surface area (Å²) in [5.41, 5.74) is 1.82. The van der Waals surface area contributed by atoms with Crippen LogP contribution in [0.4, 0.5) is 0 Å². The third-order valence-electron chi connectivity index (χ3n) is 5.81. The van der Waals surface area contributed by atoms with Gasteiger partial charge >= 0.3 is 0 Å². The predicted octanol–water partition coefficient (Wildman–Crippen LogP) is 3.94. The fourth-order valence-corrected chi connectivity index (χ4v) is 4.02. The molecule has 0 aliphatic carbocycles. The van der Waals surface area contributed by atoms with Gasteiger partial charge in [-0.25, -0.2) is 0 Å². The van der Waals surface area contributed by atoms with Crippen LogP contribution in [0.15, 0.2) is 47.0 Å². The molecule has 8 nitrogen and oxygen atoms in total. The average Bonchev–Trinajstić information content (AvgIpc) is 3.32. The zero-order chi connectivity index (χ0) is 23.2. The van der Waals surface area contributed by atoms with Crippen LogP contribution in [0.25, 0.3) is 11.4 Å². The van der Waals surface area contributed by atoms with Gasteiger partial charge in [-0.3, -0.25) is 9.69 Å². The number of aromatic nitrogens is 2.